The summed E-state index contributed by atoms with van der Waals surface area (Å²) in [6, 6.07) is -0.562. The second-order valence-corrected chi connectivity index (χ2v) is 6.82. The number of aliphatic carboxylic acids is 1. The van der Waals surface area contributed by atoms with Crippen LogP contribution in [0.25, 0.3) is 0 Å². The molecule has 0 aromatic heterocycles. The number of amides is 2. The van der Waals surface area contributed by atoms with Gasteiger partial charge in [0.2, 0.25) is 0 Å². The van der Waals surface area contributed by atoms with Gasteiger partial charge in [-0.05, 0) is 26.2 Å². The molecule has 3 atom stereocenters. The Balaban J connectivity index is 2.10. The highest BCUT2D eigenvalue weighted by Gasteiger charge is 2.37. The first-order chi connectivity index (χ1) is 9.02. The zero-order valence-electron chi connectivity index (χ0n) is 11.5. The van der Waals surface area contributed by atoms with E-state index in [0.717, 1.165) is 25.1 Å². The number of urea groups is 1. The number of carbonyl (C=O) groups excluding carboxylic acids is 1. The predicted octanol–water partition coefficient (Wildman–Crippen LogP) is 1.87. The first kappa shape index (κ1) is 14.5. The average molecular weight is 286 g/mol. The van der Waals surface area contributed by atoms with Gasteiger partial charge in [0.05, 0.1) is 0 Å². The van der Waals surface area contributed by atoms with E-state index in [1.165, 1.54) is 0 Å². The van der Waals surface area contributed by atoms with E-state index in [0.29, 0.717) is 18.2 Å². The number of piperidine rings is 1. The molecule has 0 aromatic rings. The third kappa shape index (κ3) is 2.99. The molecule has 19 heavy (non-hydrogen) atoms. The summed E-state index contributed by atoms with van der Waals surface area (Å²) in [6.07, 6.45) is 2.37. The maximum atomic E-state index is 12.6. The van der Waals surface area contributed by atoms with Gasteiger partial charge in [-0.25, -0.2) is 9.59 Å². The second-order valence-electron chi connectivity index (χ2n) is 5.34. The normalized spacial score (nSPS) is 32.2. The van der Waals surface area contributed by atoms with Crippen molar-refractivity contribution in [3.05, 3.63) is 0 Å². The maximum Gasteiger partial charge on any atom is 0.326 e. The van der Waals surface area contributed by atoms with E-state index in [1.54, 1.807) is 4.90 Å². The van der Waals surface area contributed by atoms with Crippen LogP contribution in [0.5, 0.6) is 0 Å². The van der Waals surface area contributed by atoms with Crippen molar-refractivity contribution in [2.24, 2.45) is 0 Å². The predicted molar refractivity (Wildman–Crippen MR) is 75.5 cm³/mol. The Morgan fingerprint density at radius 1 is 1.16 bits per heavy atom. The molecule has 0 saturated carbocycles. The Morgan fingerprint density at radius 2 is 1.89 bits per heavy atom. The van der Waals surface area contributed by atoms with Gasteiger partial charge in [-0.2, -0.15) is 11.8 Å². The number of carboxylic acids is 1. The van der Waals surface area contributed by atoms with Gasteiger partial charge in [0.1, 0.15) is 6.04 Å². The zero-order chi connectivity index (χ0) is 14.0. The Kier molecular flexibility index (Phi) is 4.60. The molecule has 1 N–H and O–H groups in total. The van der Waals surface area contributed by atoms with Crippen LogP contribution < -0.4 is 0 Å². The van der Waals surface area contributed by atoms with Crippen molar-refractivity contribution in [1.82, 2.24) is 9.80 Å². The molecule has 0 aliphatic carbocycles. The Bertz CT molecular complexity index is 364. The van der Waals surface area contributed by atoms with Gasteiger partial charge in [-0.1, -0.05) is 6.92 Å². The molecule has 6 heteroatoms. The highest BCUT2D eigenvalue weighted by atomic mass is 32.2. The van der Waals surface area contributed by atoms with Crippen LogP contribution in [0, 0.1) is 0 Å². The monoisotopic (exact) mass is 286 g/mol. The van der Waals surface area contributed by atoms with E-state index in [2.05, 4.69) is 13.8 Å². The van der Waals surface area contributed by atoms with E-state index >= 15 is 0 Å². The lowest BCUT2D eigenvalue weighted by molar-refractivity contribution is -0.143. The number of likely N-dealkylation sites (tertiary alicyclic amines) is 1. The maximum absolute atomic E-state index is 12.6. The van der Waals surface area contributed by atoms with Crippen LogP contribution in [0.4, 0.5) is 4.79 Å². The number of thioether (sulfide) groups is 1. The lowest BCUT2D eigenvalue weighted by Crippen LogP contribution is -2.58. The number of nitrogens with zero attached hydrogens (tertiary/aromatic N) is 2. The number of carboxylic acid groups (broad SMARTS) is 1. The topological polar surface area (TPSA) is 60.9 Å². The summed E-state index contributed by atoms with van der Waals surface area (Å²) in [4.78, 5) is 27.3. The summed E-state index contributed by atoms with van der Waals surface area (Å²) in [7, 11) is 0. The van der Waals surface area contributed by atoms with Crippen LogP contribution >= 0.6 is 11.8 Å². The quantitative estimate of drug-likeness (QED) is 0.799. The molecule has 2 amide bonds. The van der Waals surface area contributed by atoms with E-state index in [4.69, 9.17) is 0 Å². The standard InChI is InChI=1S/C13H22N2O3S/c1-9-10(2)19-8-7-14(9)13(18)15-6-4-3-5-11(15)12(16)17/h9-11H,3-8H2,1-2H3,(H,16,17). The molecule has 5 nitrogen and oxygen atoms in total. The fraction of sp³-hybridized carbons (Fsp3) is 0.846. The summed E-state index contributed by atoms with van der Waals surface area (Å²) in [5.74, 6) is 0.0585. The lowest BCUT2D eigenvalue weighted by Gasteiger charge is -2.43. The van der Waals surface area contributed by atoms with Crippen LogP contribution in [0.1, 0.15) is 33.1 Å². The van der Waals surface area contributed by atoms with Crippen LogP contribution in [0.15, 0.2) is 0 Å². The molecule has 2 saturated heterocycles. The molecule has 2 aliphatic rings. The zero-order valence-corrected chi connectivity index (χ0v) is 12.4. The number of rotatable bonds is 1. The molecule has 2 fully saturated rings. The van der Waals surface area contributed by atoms with Crippen molar-refractivity contribution in [2.45, 2.75) is 50.4 Å². The van der Waals surface area contributed by atoms with Crippen LogP contribution in [0.3, 0.4) is 0 Å². The minimum absolute atomic E-state index is 0.0910. The van der Waals surface area contributed by atoms with Gasteiger partial charge in [-0.15, -0.1) is 0 Å². The minimum Gasteiger partial charge on any atom is -0.480 e. The number of hydrogen-bond donors (Lipinski definition) is 1. The highest BCUT2D eigenvalue weighted by Crippen LogP contribution is 2.27. The molecule has 0 spiro atoms. The van der Waals surface area contributed by atoms with Crippen molar-refractivity contribution in [3.63, 3.8) is 0 Å². The summed E-state index contributed by atoms with van der Waals surface area (Å²) >= 11 is 1.87. The molecule has 0 radical (unpaired) electrons. The molecular formula is C13H22N2O3S. The summed E-state index contributed by atoms with van der Waals surface area (Å²) in [5.41, 5.74) is 0. The summed E-state index contributed by atoms with van der Waals surface area (Å²) < 4.78 is 0. The Morgan fingerprint density at radius 3 is 2.58 bits per heavy atom. The first-order valence-corrected chi connectivity index (χ1v) is 7.99. The SMILES string of the molecule is CC1SCCN(C(=O)N2CCCCC2C(=O)O)C1C. The van der Waals surface area contributed by atoms with Crippen LogP contribution in [0.2, 0.25) is 0 Å². The molecule has 0 aromatic carbocycles. The fourth-order valence-corrected chi connectivity index (χ4v) is 3.88. The molecule has 2 heterocycles. The molecule has 2 aliphatic heterocycles. The number of hydrogen-bond acceptors (Lipinski definition) is 3. The molecule has 2 rings (SSSR count). The van der Waals surface area contributed by atoms with Gasteiger partial charge in [-0.3, -0.25) is 0 Å². The Labute approximate surface area is 118 Å². The van der Waals surface area contributed by atoms with Gasteiger partial charge in [0.25, 0.3) is 0 Å². The summed E-state index contributed by atoms with van der Waals surface area (Å²) in [5, 5.41) is 9.67. The van der Waals surface area contributed by atoms with Crippen molar-refractivity contribution < 1.29 is 14.7 Å². The number of carbonyl (C=O) groups is 2. The molecule has 3 unspecified atom stereocenters. The second kappa shape index (κ2) is 6.03. The van der Waals surface area contributed by atoms with Gasteiger partial charge in [0.15, 0.2) is 0 Å². The third-order valence-corrected chi connectivity index (χ3v) is 5.50. The molecular weight excluding hydrogens is 264 g/mol. The largest absolute Gasteiger partial charge is 0.480 e. The van der Waals surface area contributed by atoms with Crippen LogP contribution in [-0.2, 0) is 4.79 Å². The van der Waals surface area contributed by atoms with Crippen LogP contribution in [-0.4, -0.2) is 63.1 Å². The minimum atomic E-state index is -0.875. The van der Waals surface area contributed by atoms with E-state index in [9.17, 15) is 14.7 Å². The van der Waals surface area contributed by atoms with Gasteiger partial charge < -0.3 is 14.9 Å². The average Bonchev–Trinajstić information content (AvgIpc) is 2.41. The fourth-order valence-electron chi connectivity index (χ4n) is 2.79. The first-order valence-electron chi connectivity index (χ1n) is 6.94. The highest BCUT2D eigenvalue weighted by molar-refractivity contribution is 8.00. The van der Waals surface area contributed by atoms with Crippen molar-refractivity contribution in [2.75, 3.05) is 18.8 Å². The van der Waals surface area contributed by atoms with E-state index < -0.39 is 12.0 Å². The molecule has 0 bridgehead atoms. The van der Waals surface area contributed by atoms with Crippen molar-refractivity contribution in [1.29, 1.82) is 0 Å². The molecule has 108 valence electrons. The van der Waals surface area contributed by atoms with Gasteiger partial charge >= 0.3 is 12.0 Å². The van der Waals surface area contributed by atoms with Crippen molar-refractivity contribution in [3.8, 4) is 0 Å². The third-order valence-electron chi connectivity index (χ3n) is 4.16. The van der Waals surface area contributed by atoms with E-state index in [-0.39, 0.29) is 12.1 Å². The van der Waals surface area contributed by atoms with E-state index in [1.807, 2.05) is 16.7 Å². The van der Waals surface area contributed by atoms with Gasteiger partial charge in [0, 0.05) is 30.1 Å². The smallest absolute Gasteiger partial charge is 0.326 e. The lowest BCUT2D eigenvalue weighted by atomic mass is 10.0. The summed E-state index contributed by atoms with van der Waals surface area (Å²) in [6.45, 7) is 5.46. The Hall–Kier alpha value is -0.910. The van der Waals surface area contributed by atoms with Crippen molar-refractivity contribution >= 4 is 23.8 Å².